The first-order chi connectivity index (χ1) is 20.9. The van der Waals surface area contributed by atoms with Crippen LogP contribution in [0, 0.1) is 22.2 Å². The third-order valence-corrected chi connectivity index (χ3v) is 9.86. The molecule has 0 saturated heterocycles. The first-order valence-corrected chi connectivity index (χ1v) is 15.7. The number of Topliss-reactive ketones (excluding diaryl/α,β-unsaturated/α-hetero) is 3. The Kier molecular flexibility index (Phi) is 10.5. The van der Waals surface area contributed by atoms with Crippen LogP contribution in [-0.4, -0.2) is 37.8 Å². The molecular weight excluding hydrogens is 568 g/mol. The van der Waals surface area contributed by atoms with E-state index < -0.39 is 62.2 Å². The van der Waals surface area contributed by atoms with Gasteiger partial charge in [0.15, 0.2) is 28.8 Å². The minimum Gasteiger partial charge on any atom is -0.507 e. The van der Waals surface area contributed by atoms with Crippen molar-refractivity contribution in [2.75, 3.05) is 0 Å². The van der Waals surface area contributed by atoms with Gasteiger partial charge in [-0.2, -0.15) is 0 Å². The van der Waals surface area contributed by atoms with Crippen LogP contribution < -0.4 is 0 Å². The van der Waals surface area contributed by atoms with Crippen molar-refractivity contribution < 1.29 is 34.8 Å². The van der Waals surface area contributed by atoms with E-state index in [1.165, 1.54) is 0 Å². The predicted octanol–water partition coefficient (Wildman–Crippen LogP) is 8.61. The molecule has 3 rings (SSSR count). The SMILES string of the molecule is CC(C)=CCC[C@@]1(C)[C@H](CC=C(C)C)C[C@@]2(CC=C(C)C)C(=O)C(=C(O)c3cc(O)c(O)cc3O)C(=O)[C@]1(CC=C(C)C)C2=O. The zero-order valence-electron chi connectivity index (χ0n) is 28.3. The molecule has 0 radical (unpaired) electrons. The summed E-state index contributed by atoms with van der Waals surface area (Å²) in [5.41, 5.74) is -1.14. The molecule has 4 N–H and O–H groups in total. The maximum atomic E-state index is 15.2. The molecular formula is C38H50O7. The molecule has 4 atom stereocenters. The summed E-state index contributed by atoms with van der Waals surface area (Å²) in [6, 6.07) is 1.75. The first-order valence-electron chi connectivity index (χ1n) is 15.7. The van der Waals surface area contributed by atoms with Gasteiger partial charge in [-0.3, -0.25) is 14.4 Å². The highest BCUT2D eigenvalue weighted by Crippen LogP contribution is 2.67. The molecule has 7 nitrogen and oxygen atoms in total. The van der Waals surface area contributed by atoms with Crippen LogP contribution in [-0.2, 0) is 14.4 Å². The average molecular weight is 619 g/mol. The number of aliphatic hydroxyl groups is 1. The molecule has 1 aromatic rings. The lowest BCUT2D eigenvalue weighted by Gasteiger charge is -2.61. The zero-order chi connectivity index (χ0) is 34.1. The number of ketones is 3. The van der Waals surface area contributed by atoms with Gasteiger partial charge < -0.3 is 20.4 Å². The number of benzene rings is 1. The summed E-state index contributed by atoms with van der Waals surface area (Å²) >= 11 is 0. The third kappa shape index (κ3) is 6.31. The van der Waals surface area contributed by atoms with Crippen LogP contribution in [0.3, 0.4) is 0 Å². The van der Waals surface area contributed by atoms with Gasteiger partial charge in [-0.15, -0.1) is 0 Å². The highest BCUT2D eigenvalue weighted by molar-refractivity contribution is 6.41. The van der Waals surface area contributed by atoms with E-state index in [4.69, 9.17) is 0 Å². The fourth-order valence-electron chi connectivity index (χ4n) is 7.20. The van der Waals surface area contributed by atoms with Gasteiger partial charge in [0.1, 0.15) is 22.5 Å². The van der Waals surface area contributed by atoms with Crippen LogP contribution >= 0.6 is 0 Å². The summed E-state index contributed by atoms with van der Waals surface area (Å²) in [6.07, 6.45) is 9.93. The normalized spacial score (nSPS) is 27.0. The van der Waals surface area contributed by atoms with E-state index in [2.05, 4.69) is 12.2 Å². The number of hydrogen-bond donors (Lipinski definition) is 4. The van der Waals surface area contributed by atoms with Crippen LogP contribution in [0.2, 0.25) is 0 Å². The molecule has 0 aliphatic heterocycles. The summed E-state index contributed by atoms with van der Waals surface area (Å²) in [6.45, 7) is 17.6. The van der Waals surface area contributed by atoms with Gasteiger partial charge in [-0.1, -0.05) is 53.5 Å². The van der Waals surface area contributed by atoms with Crippen LogP contribution in [0.5, 0.6) is 17.2 Å². The van der Waals surface area contributed by atoms with Gasteiger partial charge in [0.25, 0.3) is 0 Å². The molecule has 2 bridgehead atoms. The molecule has 1 aromatic carbocycles. The summed E-state index contributed by atoms with van der Waals surface area (Å²) in [7, 11) is 0. The lowest BCUT2D eigenvalue weighted by Crippen LogP contribution is -2.70. The Hall–Kier alpha value is -3.87. The van der Waals surface area contributed by atoms with Crippen molar-refractivity contribution in [2.45, 2.75) is 101 Å². The Balaban J connectivity index is 2.54. The molecule has 244 valence electrons. The van der Waals surface area contributed by atoms with Crippen LogP contribution in [0.1, 0.15) is 106 Å². The number of phenols is 3. The Morgan fingerprint density at radius 1 is 0.756 bits per heavy atom. The molecule has 7 heteroatoms. The number of carbonyl (C=O) groups excluding carboxylic acids is 3. The summed E-state index contributed by atoms with van der Waals surface area (Å²) < 4.78 is 0. The van der Waals surface area contributed by atoms with E-state index in [1.54, 1.807) is 0 Å². The second kappa shape index (κ2) is 13.2. The van der Waals surface area contributed by atoms with Gasteiger partial charge in [-0.05, 0) is 111 Å². The Bertz CT molecular complexity index is 1540. The second-order valence-electron chi connectivity index (χ2n) is 14.2. The van der Waals surface area contributed by atoms with Crippen molar-refractivity contribution in [3.8, 4) is 17.2 Å². The summed E-state index contributed by atoms with van der Waals surface area (Å²) in [5.74, 6) is -4.89. The van der Waals surface area contributed by atoms with E-state index in [9.17, 15) is 25.2 Å². The molecule has 0 aromatic heterocycles. The van der Waals surface area contributed by atoms with Crippen molar-refractivity contribution in [1.29, 1.82) is 0 Å². The summed E-state index contributed by atoms with van der Waals surface area (Å²) in [5, 5.41) is 42.5. The van der Waals surface area contributed by atoms with Crippen LogP contribution in [0.25, 0.3) is 5.76 Å². The van der Waals surface area contributed by atoms with Crippen molar-refractivity contribution >= 4 is 23.1 Å². The van der Waals surface area contributed by atoms with E-state index >= 15 is 9.59 Å². The number of allylic oxidation sites excluding steroid dienone is 9. The Morgan fingerprint density at radius 2 is 1.29 bits per heavy atom. The van der Waals surface area contributed by atoms with Gasteiger partial charge in [0, 0.05) is 6.07 Å². The smallest absolute Gasteiger partial charge is 0.184 e. The van der Waals surface area contributed by atoms with Crippen molar-refractivity contribution in [3.05, 3.63) is 69.9 Å². The van der Waals surface area contributed by atoms with Gasteiger partial charge in [-0.25, -0.2) is 0 Å². The molecule has 45 heavy (non-hydrogen) atoms. The number of aliphatic hydroxyl groups excluding tert-OH is 1. The first kappa shape index (κ1) is 35.6. The minimum absolute atomic E-state index is 0.0527. The maximum Gasteiger partial charge on any atom is 0.184 e. The molecule has 0 spiro atoms. The van der Waals surface area contributed by atoms with Crippen molar-refractivity contribution in [2.24, 2.45) is 22.2 Å². The molecule has 2 aliphatic rings. The highest BCUT2D eigenvalue weighted by atomic mass is 16.3. The van der Waals surface area contributed by atoms with Gasteiger partial charge in [0.05, 0.1) is 11.0 Å². The Morgan fingerprint density at radius 3 is 1.84 bits per heavy atom. The average Bonchev–Trinajstić information content (AvgIpc) is 2.93. The lowest BCUT2D eigenvalue weighted by molar-refractivity contribution is -0.178. The van der Waals surface area contributed by atoms with E-state index in [0.29, 0.717) is 19.3 Å². The number of hydrogen-bond acceptors (Lipinski definition) is 7. The van der Waals surface area contributed by atoms with Crippen molar-refractivity contribution in [1.82, 2.24) is 0 Å². The summed E-state index contributed by atoms with van der Waals surface area (Å²) in [4.78, 5) is 45.0. The second-order valence-corrected chi connectivity index (χ2v) is 14.2. The molecule has 2 fully saturated rings. The van der Waals surface area contributed by atoms with Gasteiger partial charge >= 0.3 is 0 Å². The van der Waals surface area contributed by atoms with E-state index in [0.717, 1.165) is 34.4 Å². The molecule has 2 saturated carbocycles. The monoisotopic (exact) mass is 618 g/mol. The fraction of sp³-hybridized carbons (Fsp3) is 0.500. The topological polar surface area (TPSA) is 132 Å². The maximum absolute atomic E-state index is 15.2. The highest BCUT2D eigenvalue weighted by Gasteiger charge is 2.74. The number of carbonyl (C=O) groups is 3. The standard InChI is InChI=1S/C38H50O7/c1-22(2)11-10-16-36(9)26(13-12-23(3)4)21-37(17-14-24(5)6)33(43)31(32(42)27-19-29(40)30(41)20-28(27)39)34(44)38(36,35(37)45)18-15-25(7)8/h11-12,14-15,19-20,26,39-42H,10,13,16-18,21H2,1-9H3/t26-,36+,37+,38-/m1/s1. The number of aromatic hydroxyl groups is 3. The van der Waals surface area contributed by atoms with Crippen LogP contribution in [0.15, 0.2) is 64.3 Å². The fourth-order valence-corrected chi connectivity index (χ4v) is 7.20. The molecule has 0 unspecified atom stereocenters. The Labute approximate surface area is 267 Å². The zero-order valence-corrected chi connectivity index (χ0v) is 28.3. The van der Waals surface area contributed by atoms with Crippen LogP contribution in [0.4, 0.5) is 0 Å². The van der Waals surface area contributed by atoms with E-state index in [1.807, 2.05) is 74.5 Å². The predicted molar refractivity (Wildman–Crippen MR) is 178 cm³/mol. The largest absolute Gasteiger partial charge is 0.507 e. The number of fused-ring (bicyclic) bond motifs is 2. The van der Waals surface area contributed by atoms with Crippen molar-refractivity contribution in [3.63, 3.8) is 0 Å². The minimum atomic E-state index is -1.69. The van der Waals surface area contributed by atoms with E-state index in [-0.39, 0.29) is 30.7 Å². The number of phenolic OH excluding ortho intramolecular Hbond substituents is 3. The molecule has 2 aliphatic carbocycles. The quantitative estimate of drug-likeness (QED) is 0.0392. The molecule has 0 heterocycles. The van der Waals surface area contributed by atoms with Gasteiger partial charge in [0.2, 0.25) is 0 Å². The lowest BCUT2D eigenvalue weighted by atomic mass is 9.37. The molecule has 0 amide bonds. The third-order valence-electron chi connectivity index (χ3n) is 9.86. The number of rotatable bonds is 10.